The summed E-state index contributed by atoms with van der Waals surface area (Å²) in [6.45, 7) is 3.49. The maximum absolute atomic E-state index is 5.68. The van der Waals surface area contributed by atoms with Crippen LogP contribution in [0.1, 0.15) is 19.3 Å². The monoisotopic (exact) mass is 181 g/mol. The molecule has 0 amide bonds. The summed E-state index contributed by atoms with van der Waals surface area (Å²) in [7, 11) is 0. The molecule has 0 unspecified atom stereocenters. The number of piperidine rings is 3. The second-order valence-electron chi connectivity index (χ2n) is 4.47. The van der Waals surface area contributed by atoms with E-state index in [-0.39, 0.29) is 5.60 Å². The Hall–Kier alpha value is -0.770. The van der Waals surface area contributed by atoms with Crippen molar-refractivity contribution in [3.8, 4) is 0 Å². The fourth-order valence-corrected chi connectivity index (χ4v) is 2.95. The Morgan fingerprint density at radius 2 is 2.23 bits per heavy atom. The Morgan fingerprint density at radius 1 is 1.46 bits per heavy atom. The van der Waals surface area contributed by atoms with Crippen LogP contribution in [0.3, 0.4) is 0 Å². The third-order valence-corrected chi connectivity index (χ3v) is 3.65. The van der Waals surface area contributed by atoms with Crippen molar-refractivity contribution in [1.29, 1.82) is 0 Å². The second-order valence-corrected chi connectivity index (χ2v) is 4.47. The predicted molar refractivity (Wildman–Crippen MR) is 49.2 cm³/mol. The lowest BCUT2D eigenvalue weighted by atomic mass is 9.74. The van der Waals surface area contributed by atoms with E-state index in [0.29, 0.717) is 11.8 Å². The summed E-state index contributed by atoms with van der Waals surface area (Å²) in [5.74, 6) is 1.36. The number of nitrogens with two attached hydrogens (primary N) is 1. The van der Waals surface area contributed by atoms with Gasteiger partial charge >= 0.3 is 0 Å². The minimum absolute atomic E-state index is 0.0411. The lowest BCUT2D eigenvalue weighted by Crippen LogP contribution is -2.59. The lowest BCUT2D eigenvalue weighted by Gasteiger charge is -2.49. The Bertz CT molecular complexity index is 258. The first kappa shape index (κ1) is 7.62. The summed E-state index contributed by atoms with van der Waals surface area (Å²) in [6, 6.07) is 0. The first-order valence-corrected chi connectivity index (χ1v) is 5.01. The van der Waals surface area contributed by atoms with Crippen LogP contribution in [-0.2, 0) is 4.84 Å². The van der Waals surface area contributed by atoms with Crippen molar-refractivity contribution in [3.05, 3.63) is 0 Å². The van der Waals surface area contributed by atoms with Gasteiger partial charge in [-0.1, -0.05) is 5.16 Å². The molecule has 4 aliphatic rings. The van der Waals surface area contributed by atoms with E-state index in [1.165, 1.54) is 25.9 Å². The van der Waals surface area contributed by atoms with E-state index in [0.717, 1.165) is 13.0 Å². The molecule has 0 aromatic carbocycles. The molecule has 4 rings (SSSR count). The standard InChI is InChI=1S/C9H15N3O/c10-8-5-9(13-11-8)6-12-3-1-7(9)2-4-12/h7H,1-6H2,(H2,10,11)/t9-/m0/s1. The number of amidine groups is 1. The number of hydrogen-bond donors (Lipinski definition) is 1. The predicted octanol–water partition coefficient (Wildman–Crippen LogP) is 0.143. The normalized spacial score (nSPS) is 47.8. The highest BCUT2D eigenvalue weighted by Crippen LogP contribution is 2.42. The van der Waals surface area contributed by atoms with Crippen LogP contribution >= 0.6 is 0 Å². The molecule has 3 fully saturated rings. The highest BCUT2D eigenvalue weighted by Gasteiger charge is 2.51. The van der Waals surface area contributed by atoms with Gasteiger partial charge in [-0.15, -0.1) is 0 Å². The van der Waals surface area contributed by atoms with E-state index < -0.39 is 0 Å². The van der Waals surface area contributed by atoms with E-state index >= 15 is 0 Å². The highest BCUT2D eigenvalue weighted by atomic mass is 16.7. The molecule has 2 N–H and O–H groups in total. The topological polar surface area (TPSA) is 50.9 Å². The van der Waals surface area contributed by atoms with Crippen molar-refractivity contribution in [3.63, 3.8) is 0 Å². The SMILES string of the molecule is NC1=NO[C@@]2(C1)CN1CCC2CC1. The third-order valence-electron chi connectivity index (χ3n) is 3.65. The zero-order valence-electron chi connectivity index (χ0n) is 7.70. The molecule has 4 nitrogen and oxygen atoms in total. The number of oxime groups is 1. The van der Waals surface area contributed by atoms with Crippen LogP contribution in [0.2, 0.25) is 0 Å². The summed E-state index contributed by atoms with van der Waals surface area (Å²) < 4.78 is 0. The van der Waals surface area contributed by atoms with Gasteiger partial charge in [0, 0.05) is 12.5 Å². The number of fused-ring (bicyclic) bond motifs is 2. The molecule has 0 aromatic rings. The maximum atomic E-state index is 5.68. The zero-order valence-corrected chi connectivity index (χ0v) is 7.70. The minimum Gasteiger partial charge on any atom is -0.386 e. The zero-order chi connectivity index (χ0) is 8.89. The van der Waals surface area contributed by atoms with Crippen LogP contribution in [0.5, 0.6) is 0 Å². The number of nitrogens with zero attached hydrogens (tertiary/aromatic N) is 2. The van der Waals surface area contributed by atoms with Gasteiger partial charge in [0.05, 0.1) is 6.42 Å². The van der Waals surface area contributed by atoms with E-state index in [9.17, 15) is 0 Å². The fourth-order valence-electron chi connectivity index (χ4n) is 2.95. The average molecular weight is 181 g/mol. The Morgan fingerprint density at radius 3 is 2.69 bits per heavy atom. The van der Waals surface area contributed by atoms with Crippen LogP contribution in [0.4, 0.5) is 0 Å². The molecule has 0 radical (unpaired) electrons. The molecule has 4 aliphatic heterocycles. The molecule has 2 bridgehead atoms. The molecular weight excluding hydrogens is 166 g/mol. The number of hydrogen-bond acceptors (Lipinski definition) is 4. The van der Waals surface area contributed by atoms with E-state index in [4.69, 9.17) is 10.6 Å². The van der Waals surface area contributed by atoms with Gasteiger partial charge in [-0.05, 0) is 25.9 Å². The summed E-state index contributed by atoms with van der Waals surface area (Å²) in [4.78, 5) is 8.02. The van der Waals surface area contributed by atoms with Gasteiger partial charge < -0.3 is 10.6 Å². The van der Waals surface area contributed by atoms with E-state index in [2.05, 4.69) is 10.1 Å². The first-order chi connectivity index (χ1) is 6.28. The Labute approximate surface area is 77.7 Å². The minimum atomic E-state index is -0.0411. The molecule has 4 heterocycles. The quantitative estimate of drug-likeness (QED) is 0.578. The first-order valence-electron chi connectivity index (χ1n) is 5.01. The van der Waals surface area contributed by atoms with Crippen LogP contribution in [0.25, 0.3) is 0 Å². The molecule has 0 aromatic heterocycles. The smallest absolute Gasteiger partial charge is 0.160 e. The lowest BCUT2D eigenvalue weighted by molar-refractivity contribution is -0.136. The van der Waals surface area contributed by atoms with E-state index in [1.54, 1.807) is 0 Å². The molecule has 3 saturated heterocycles. The Balaban J connectivity index is 1.85. The van der Waals surface area contributed by atoms with E-state index in [1.807, 2.05) is 0 Å². The second kappa shape index (κ2) is 2.38. The molecule has 0 saturated carbocycles. The fraction of sp³-hybridized carbons (Fsp3) is 0.889. The molecule has 72 valence electrons. The summed E-state index contributed by atoms with van der Waals surface area (Å²) in [6.07, 6.45) is 3.35. The number of rotatable bonds is 0. The third kappa shape index (κ3) is 0.981. The summed E-state index contributed by atoms with van der Waals surface area (Å²) >= 11 is 0. The van der Waals surface area contributed by atoms with Crippen molar-refractivity contribution in [2.24, 2.45) is 16.8 Å². The van der Waals surface area contributed by atoms with Crippen molar-refractivity contribution in [2.45, 2.75) is 24.9 Å². The largest absolute Gasteiger partial charge is 0.386 e. The molecule has 1 atom stereocenters. The van der Waals surface area contributed by atoms with Gasteiger partial charge in [-0.25, -0.2) is 0 Å². The van der Waals surface area contributed by atoms with Crippen molar-refractivity contribution in [2.75, 3.05) is 19.6 Å². The molecule has 13 heavy (non-hydrogen) atoms. The van der Waals surface area contributed by atoms with Gasteiger partial charge in [-0.3, -0.25) is 4.90 Å². The van der Waals surface area contributed by atoms with Crippen molar-refractivity contribution < 1.29 is 4.84 Å². The van der Waals surface area contributed by atoms with Gasteiger partial charge in [0.15, 0.2) is 5.60 Å². The summed E-state index contributed by atoms with van der Waals surface area (Å²) in [5, 5.41) is 3.90. The molecular formula is C9H15N3O. The van der Waals surface area contributed by atoms with Crippen LogP contribution in [-0.4, -0.2) is 36.0 Å². The highest BCUT2D eigenvalue weighted by molar-refractivity contribution is 5.82. The van der Waals surface area contributed by atoms with Gasteiger partial charge in [0.2, 0.25) is 0 Å². The van der Waals surface area contributed by atoms with Crippen LogP contribution in [0, 0.1) is 5.92 Å². The summed E-state index contributed by atoms with van der Waals surface area (Å²) in [5.41, 5.74) is 5.64. The molecule has 1 spiro atoms. The van der Waals surface area contributed by atoms with Gasteiger partial charge in [0.25, 0.3) is 0 Å². The van der Waals surface area contributed by atoms with Crippen molar-refractivity contribution in [1.82, 2.24) is 4.90 Å². The van der Waals surface area contributed by atoms with Gasteiger partial charge in [-0.2, -0.15) is 0 Å². The Kier molecular flexibility index (Phi) is 1.39. The molecule has 4 heteroatoms. The van der Waals surface area contributed by atoms with Crippen LogP contribution < -0.4 is 5.73 Å². The van der Waals surface area contributed by atoms with Gasteiger partial charge in [0.1, 0.15) is 5.84 Å². The maximum Gasteiger partial charge on any atom is 0.160 e. The van der Waals surface area contributed by atoms with Crippen molar-refractivity contribution >= 4 is 5.84 Å². The molecule has 0 aliphatic carbocycles. The van der Waals surface area contributed by atoms with Crippen LogP contribution in [0.15, 0.2) is 5.16 Å². The average Bonchev–Trinajstić information content (AvgIpc) is 2.49.